The topological polar surface area (TPSA) is 71.8 Å². The summed E-state index contributed by atoms with van der Waals surface area (Å²) in [5.41, 5.74) is 0. The predicted molar refractivity (Wildman–Crippen MR) is 74.9 cm³/mol. The minimum absolute atomic E-state index is 0.0159. The standard InChI is InChI=1S/C13H22N2O4S/c1-3-11-10-15(7-8-18-11)20(16,17)13-6-5-12(19-13)9-14-4-2/h5-6,11,14H,3-4,7-10H2,1-2H3. The van der Waals surface area contributed by atoms with Crippen LogP contribution in [-0.2, 0) is 21.3 Å². The third-order valence-corrected chi connectivity index (χ3v) is 5.08. The van der Waals surface area contributed by atoms with Gasteiger partial charge in [0.15, 0.2) is 0 Å². The number of ether oxygens (including phenoxy) is 1. The summed E-state index contributed by atoms with van der Waals surface area (Å²) in [5.74, 6) is 0.630. The van der Waals surface area contributed by atoms with Crippen LogP contribution in [0.5, 0.6) is 0 Å². The number of nitrogens with one attached hydrogen (secondary N) is 1. The highest BCUT2D eigenvalue weighted by Crippen LogP contribution is 2.21. The van der Waals surface area contributed by atoms with Crippen molar-refractivity contribution in [3.63, 3.8) is 0 Å². The van der Waals surface area contributed by atoms with Crippen molar-refractivity contribution in [2.24, 2.45) is 0 Å². The second-order valence-electron chi connectivity index (χ2n) is 4.77. The Morgan fingerprint density at radius 1 is 1.40 bits per heavy atom. The molecule has 1 aromatic rings. The summed E-state index contributed by atoms with van der Waals surface area (Å²) in [6, 6.07) is 3.23. The van der Waals surface area contributed by atoms with Crippen molar-refractivity contribution < 1.29 is 17.6 Å². The zero-order valence-electron chi connectivity index (χ0n) is 12.0. The van der Waals surface area contributed by atoms with Gasteiger partial charge in [0.25, 0.3) is 10.0 Å². The minimum atomic E-state index is -3.55. The Morgan fingerprint density at radius 3 is 2.90 bits per heavy atom. The fraction of sp³-hybridized carbons (Fsp3) is 0.692. The number of furan rings is 1. The molecular formula is C13H22N2O4S. The summed E-state index contributed by atoms with van der Waals surface area (Å²) in [4.78, 5) is 0. The first kappa shape index (κ1) is 15.5. The maximum absolute atomic E-state index is 12.5. The van der Waals surface area contributed by atoms with Gasteiger partial charge in [-0.2, -0.15) is 4.31 Å². The Balaban J connectivity index is 2.11. The Bertz CT molecular complexity index is 526. The zero-order chi connectivity index (χ0) is 14.6. The summed E-state index contributed by atoms with van der Waals surface area (Å²) < 4.78 is 37.4. The van der Waals surface area contributed by atoms with Crippen molar-refractivity contribution in [2.75, 3.05) is 26.2 Å². The van der Waals surface area contributed by atoms with Crippen molar-refractivity contribution in [1.82, 2.24) is 9.62 Å². The van der Waals surface area contributed by atoms with Gasteiger partial charge < -0.3 is 14.5 Å². The fourth-order valence-electron chi connectivity index (χ4n) is 2.12. The number of rotatable bonds is 6. The van der Waals surface area contributed by atoms with Crippen LogP contribution in [-0.4, -0.2) is 45.1 Å². The molecule has 1 atom stereocenters. The molecule has 0 aliphatic carbocycles. The quantitative estimate of drug-likeness (QED) is 0.854. The summed E-state index contributed by atoms with van der Waals surface area (Å²) >= 11 is 0. The molecule has 1 aliphatic rings. The second kappa shape index (κ2) is 6.71. The summed E-state index contributed by atoms with van der Waals surface area (Å²) in [5, 5.41) is 3.12. The van der Waals surface area contributed by atoms with E-state index in [1.165, 1.54) is 10.4 Å². The van der Waals surface area contributed by atoms with Crippen LogP contribution in [0.15, 0.2) is 21.6 Å². The van der Waals surface area contributed by atoms with Gasteiger partial charge in [0.2, 0.25) is 5.09 Å². The van der Waals surface area contributed by atoms with Crippen molar-refractivity contribution in [3.05, 3.63) is 17.9 Å². The lowest BCUT2D eigenvalue weighted by molar-refractivity contribution is -0.00315. The lowest BCUT2D eigenvalue weighted by atomic mass is 10.2. The third-order valence-electron chi connectivity index (χ3n) is 3.34. The predicted octanol–water partition coefficient (Wildman–Crippen LogP) is 1.19. The number of nitrogens with zero attached hydrogens (tertiary/aromatic N) is 1. The van der Waals surface area contributed by atoms with Gasteiger partial charge in [-0.15, -0.1) is 0 Å². The fourth-order valence-corrected chi connectivity index (χ4v) is 3.51. The SMILES string of the molecule is CCNCc1ccc(S(=O)(=O)N2CCOC(CC)C2)o1. The lowest BCUT2D eigenvalue weighted by Gasteiger charge is -2.30. The number of sulfonamides is 1. The van der Waals surface area contributed by atoms with E-state index in [1.54, 1.807) is 6.07 Å². The number of hydrogen-bond donors (Lipinski definition) is 1. The Labute approximate surface area is 120 Å². The van der Waals surface area contributed by atoms with Gasteiger partial charge >= 0.3 is 0 Å². The number of morpholine rings is 1. The Morgan fingerprint density at radius 2 is 2.20 bits per heavy atom. The van der Waals surface area contributed by atoms with Gasteiger partial charge in [-0.1, -0.05) is 13.8 Å². The molecule has 0 spiro atoms. The Kier molecular flexibility index (Phi) is 5.20. The highest BCUT2D eigenvalue weighted by Gasteiger charge is 2.32. The molecule has 1 saturated heterocycles. The van der Waals surface area contributed by atoms with E-state index < -0.39 is 10.0 Å². The van der Waals surface area contributed by atoms with Gasteiger partial charge in [0.1, 0.15) is 5.76 Å². The van der Waals surface area contributed by atoms with E-state index in [2.05, 4.69) is 5.32 Å². The molecule has 0 bridgehead atoms. The molecule has 2 heterocycles. The highest BCUT2D eigenvalue weighted by atomic mass is 32.2. The molecular weight excluding hydrogens is 280 g/mol. The van der Waals surface area contributed by atoms with Crippen molar-refractivity contribution in [1.29, 1.82) is 0 Å². The van der Waals surface area contributed by atoms with E-state index in [0.717, 1.165) is 13.0 Å². The number of hydrogen-bond acceptors (Lipinski definition) is 5. The molecule has 1 fully saturated rings. The molecule has 1 aromatic heterocycles. The van der Waals surface area contributed by atoms with Crippen molar-refractivity contribution in [3.8, 4) is 0 Å². The average Bonchev–Trinajstić information content (AvgIpc) is 2.94. The van der Waals surface area contributed by atoms with Gasteiger partial charge in [-0.25, -0.2) is 8.42 Å². The van der Waals surface area contributed by atoms with Crippen LogP contribution in [0.2, 0.25) is 0 Å². The van der Waals surface area contributed by atoms with E-state index in [1.807, 2.05) is 13.8 Å². The van der Waals surface area contributed by atoms with Crippen LogP contribution >= 0.6 is 0 Å². The maximum atomic E-state index is 12.5. The van der Waals surface area contributed by atoms with Crippen LogP contribution in [0.1, 0.15) is 26.0 Å². The van der Waals surface area contributed by atoms with E-state index >= 15 is 0 Å². The van der Waals surface area contributed by atoms with E-state index in [9.17, 15) is 8.42 Å². The van der Waals surface area contributed by atoms with Gasteiger partial charge in [-0.05, 0) is 25.1 Å². The van der Waals surface area contributed by atoms with Gasteiger partial charge in [0, 0.05) is 13.1 Å². The third kappa shape index (κ3) is 3.41. The van der Waals surface area contributed by atoms with E-state index in [-0.39, 0.29) is 11.2 Å². The first-order valence-electron chi connectivity index (χ1n) is 6.99. The van der Waals surface area contributed by atoms with Crippen molar-refractivity contribution in [2.45, 2.75) is 38.0 Å². The second-order valence-corrected chi connectivity index (χ2v) is 6.63. The summed E-state index contributed by atoms with van der Waals surface area (Å²) in [6.07, 6.45) is 0.769. The van der Waals surface area contributed by atoms with Crippen LogP contribution in [0.4, 0.5) is 0 Å². The monoisotopic (exact) mass is 302 g/mol. The summed E-state index contributed by atoms with van der Waals surface area (Å²) in [7, 11) is -3.55. The van der Waals surface area contributed by atoms with E-state index in [4.69, 9.17) is 9.15 Å². The minimum Gasteiger partial charge on any atom is -0.447 e. The highest BCUT2D eigenvalue weighted by molar-refractivity contribution is 7.89. The molecule has 0 radical (unpaired) electrons. The Hall–Kier alpha value is -0.890. The maximum Gasteiger partial charge on any atom is 0.276 e. The van der Waals surface area contributed by atoms with Crippen LogP contribution < -0.4 is 5.32 Å². The lowest BCUT2D eigenvalue weighted by Crippen LogP contribution is -2.45. The van der Waals surface area contributed by atoms with Gasteiger partial charge in [0.05, 0.1) is 19.3 Å². The zero-order valence-corrected chi connectivity index (χ0v) is 12.8. The molecule has 20 heavy (non-hydrogen) atoms. The summed E-state index contributed by atoms with van der Waals surface area (Å²) in [6.45, 7) is 6.52. The van der Waals surface area contributed by atoms with Crippen LogP contribution in [0.25, 0.3) is 0 Å². The normalized spacial score (nSPS) is 21.2. The smallest absolute Gasteiger partial charge is 0.276 e. The molecule has 0 aromatic carbocycles. The molecule has 0 amide bonds. The largest absolute Gasteiger partial charge is 0.447 e. The molecule has 2 rings (SSSR count). The molecule has 1 unspecified atom stereocenters. The molecule has 114 valence electrons. The first-order chi connectivity index (χ1) is 9.57. The molecule has 0 saturated carbocycles. The van der Waals surface area contributed by atoms with Gasteiger partial charge in [-0.3, -0.25) is 0 Å². The molecule has 6 nitrogen and oxygen atoms in total. The average molecular weight is 302 g/mol. The molecule has 7 heteroatoms. The van der Waals surface area contributed by atoms with Crippen molar-refractivity contribution >= 4 is 10.0 Å². The van der Waals surface area contributed by atoms with E-state index in [0.29, 0.717) is 32.0 Å². The first-order valence-corrected chi connectivity index (χ1v) is 8.43. The molecule has 1 aliphatic heterocycles. The van der Waals surface area contributed by atoms with Crippen LogP contribution in [0, 0.1) is 0 Å². The molecule has 1 N–H and O–H groups in total. The van der Waals surface area contributed by atoms with Crippen LogP contribution in [0.3, 0.4) is 0 Å².